The van der Waals surface area contributed by atoms with Crippen molar-refractivity contribution in [1.82, 2.24) is 5.32 Å². The van der Waals surface area contributed by atoms with Gasteiger partial charge in [0, 0.05) is 13.0 Å². The molecule has 2 spiro atoms. The topological polar surface area (TPSA) is 30.5 Å². The zero-order valence-electron chi connectivity index (χ0n) is 10.2. The number of rotatable bonds is 0. The average Bonchev–Trinajstić information content (AvgIpc) is 2.27. The van der Waals surface area contributed by atoms with Crippen LogP contribution >= 0.6 is 0 Å². The van der Waals surface area contributed by atoms with Gasteiger partial charge in [0.1, 0.15) is 5.72 Å². The first-order valence-corrected chi connectivity index (χ1v) is 6.47. The van der Waals surface area contributed by atoms with E-state index in [1.54, 1.807) is 0 Å². The van der Waals surface area contributed by atoms with E-state index in [4.69, 9.17) is 9.47 Å². The lowest BCUT2D eigenvalue weighted by Gasteiger charge is -2.53. The third-order valence-electron chi connectivity index (χ3n) is 4.43. The maximum absolute atomic E-state index is 12.8. The van der Waals surface area contributed by atoms with Crippen LogP contribution in [0.4, 0.5) is 13.2 Å². The van der Waals surface area contributed by atoms with Crippen LogP contribution in [-0.4, -0.2) is 38.3 Å². The molecular formula is C12H18F3NO2. The molecule has 3 nitrogen and oxygen atoms in total. The molecule has 3 rings (SSSR count). The Balaban J connectivity index is 1.65. The Labute approximate surface area is 104 Å². The fourth-order valence-electron chi connectivity index (χ4n) is 3.13. The Bertz CT molecular complexity index is 318. The van der Waals surface area contributed by atoms with Crippen molar-refractivity contribution in [2.75, 3.05) is 26.4 Å². The summed E-state index contributed by atoms with van der Waals surface area (Å²) in [5.74, 6) is -1.23. The average molecular weight is 265 g/mol. The van der Waals surface area contributed by atoms with Crippen molar-refractivity contribution in [3.8, 4) is 0 Å². The number of nitrogens with one attached hydrogen (secondary N) is 1. The summed E-state index contributed by atoms with van der Waals surface area (Å²) in [6.45, 7) is 2.53. The largest absolute Gasteiger partial charge is 0.391 e. The molecule has 0 aromatic carbocycles. The van der Waals surface area contributed by atoms with Gasteiger partial charge in [-0.05, 0) is 19.3 Å². The van der Waals surface area contributed by atoms with E-state index in [0.717, 1.165) is 0 Å². The fraction of sp³-hybridized carbons (Fsp3) is 1.00. The molecule has 18 heavy (non-hydrogen) atoms. The number of hydrogen-bond donors (Lipinski definition) is 1. The Kier molecular flexibility index (Phi) is 2.88. The highest BCUT2D eigenvalue weighted by Gasteiger charge is 2.53. The van der Waals surface area contributed by atoms with Crippen LogP contribution < -0.4 is 5.32 Å². The molecule has 6 heteroatoms. The summed E-state index contributed by atoms with van der Waals surface area (Å²) in [5.41, 5.74) is -0.740. The van der Waals surface area contributed by atoms with Crippen LogP contribution in [0.3, 0.4) is 0 Å². The van der Waals surface area contributed by atoms with E-state index < -0.39 is 17.8 Å². The van der Waals surface area contributed by atoms with E-state index in [1.165, 1.54) is 0 Å². The molecule has 104 valence electrons. The second-order valence-corrected chi connectivity index (χ2v) is 5.96. The Hall–Kier alpha value is -0.330. The summed E-state index contributed by atoms with van der Waals surface area (Å²) >= 11 is 0. The summed E-state index contributed by atoms with van der Waals surface area (Å²) in [6, 6.07) is 0. The van der Waals surface area contributed by atoms with Crippen LogP contribution in [0.1, 0.15) is 25.7 Å². The van der Waals surface area contributed by atoms with Gasteiger partial charge in [-0.1, -0.05) is 0 Å². The van der Waals surface area contributed by atoms with Gasteiger partial charge >= 0.3 is 6.18 Å². The van der Waals surface area contributed by atoms with Crippen LogP contribution in [0, 0.1) is 11.3 Å². The van der Waals surface area contributed by atoms with Crippen LogP contribution in [0.25, 0.3) is 0 Å². The normalized spacial score (nSPS) is 39.8. The summed E-state index contributed by atoms with van der Waals surface area (Å²) in [5, 5.41) is 3.23. The molecule has 2 heterocycles. The molecular weight excluding hydrogens is 247 g/mol. The summed E-state index contributed by atoms with van der Waals surface area (Å²) in [7, 11) is 0. The molecule has 0 radical (unpaired) electrons. The van der Waals surface area contributed by atoms with Gasteiger partial charge in [-0.2, -0.15) is 13.2 Å². The van der Waals surface area contributed by atoms with Crippen LogP contribution in [-0.2, 0) is 9.47 Å². The lowest BCUT2D eigenvalue weighted by Crippen LogP contribution is -2.66. The fourth-order valence-corrected chi connectivity index (χ4v) is 3.13. The van der Waals surface area contributed by atoms with Gasteiger partial charge in [0.2, 0.25) is 0 Å². The molecule has 0 aromatic heterocycles. The number of alkyl halides is 3. The first-order chi connectivity index (χ1) is 8.43. The monoisotopic (exact) mass is 265 g/mol. The van der Waals surface area contributed by atoms with Crippen LogP contribution in [0.5, 0.6) is 0 Å². The minimum Gasteiger partial charge on any atom is -0.380 e. The van der Waals surface area contributed by atoms with E-state index in [2.05, 4.69) is 5.32 Å². The highest BCUT2D eigenvalue weighted by molar-refractivity contribution is 4.98. The Morgan fingerprint density at radius 3 is 2.44 bits per heavy atom. The maximum atomic E-state index is 12.8. The molecule has 1 N–H and O–H groups in total. The van der Waals surface area contributed by atoms with Gasteiger partial charge in [-0.3, -0.25) is 5.32 Å². The predicted molar refractivity (Wildman–Crippen MR) is 58.0 cm³/mol. The number of ether oxygens (including phenoxy) is 2. The standard InChI is InChI=1S/C12H18F3NO2/c13-12(14,15)9-2-1-3-11(4-9)16-5-10(8-18-11)6-17-7-10/h9,16H,1-8H2. The van der Waals surface area contributed by atoms with Crippen molar-refractivity contribution in [2.45, 2.75) is 37.6 Å². The highest BCUT2D eigenvalue weighted by Crippen LogP contribution is 2.45. The molecule has 3 fully saturated rings. The van der Waals surface area contributed by atoms with E-state index in [1.807, 2.05) is 0 Å². The Morgan fingerprint density at radius 2 is 1.94 bits per heavy atom. The van der Waals surface area contributed by atoms with Crippen molar-refractivity contribution in [1.29, 1.82) is 0 Å². The van der Waals surface area contributed by atoms with E-state index in [0.29, 0.717) is 39.2 Å². The SMILES string of the molecule is FC(F)(F)C1CCCC2(C1)NCC1(COC1)CO2. The van der Waals surface area contributed by atoms with Gasteiger partial charge in [-0.15, -0.1) is 0 Å². The van der Waals surface area contributed by atoms with E-state index in [-0.39, 0.29) is 18.3 Å². The first kappa shape index (κ1) is 12.7. The second kappa shape index (κ2) is 4.08. The van der Waals surface area contributed by atoms with Crippen molar-refractivity contribution in [3.63, 3.8) is 0 Å². The molecule has 0 bridgehead atoms. The van der Waals surface area contributed by atoms with Crippen molar-refractivity contribution in [2.24, 2.45) is 11.3 Å². The lowest BCUT2D eigenvalue weighted by molar-refractivity contribution is -0.254. The second-order valence-electron chi connectivity index (χ2n) is 5.96. The van der Waals surface area contributed by atoms with Gasteiger partial charge in [0.15, 0.2) is 0 Å². The van der Waals surface area contributed by atoms with Gasteiger partial charge in [0.25, 0.3) is 0 Å². The summed E-state index contributed by atoms with van der Waals surface area (Å²) in [6.07, 6.45) is -2.58. The number of halogens is 3. The van der Waals surface area contributed by atoms with E-state index >= 15 is 0 Å². The smallest absolute Gasteiger partial charge is 0.380 e. The summed E-state index contributed by atoms with van der Waals surface area (Å²) < 4.78 is 49.4. The molecule has 2 saturated heterocycles. The third-order valence-corrected chi connectivity index (χ3v) is 4.43. The molecule has 2 aliphatic heterocycles. The molecule has 0 aromatic rings. The third kappa shape index (κ3) is 2.14. The van der Waals surface area contributed by atoms with Gasteiger partial charge in [-0.25, -0.2) is 0 Å². The van der Waals surface area contributed by atoms with Crippen LogP contribution in [0.15, 0.2) is 0 Å². The molecule has 1 saturated carbocycles. The number of hydrogen-bond acceptors (Lipinski definition) is 3. The molecule has 1 aliphatic carbocycles. The highest BCUT2D eigenvalue weighted by atomic mass is 19.4. The minimum atomic E-state index is -4.10. The first-order valence-electron chi connectivity index (χ1n) is 6.47. The Morgan fingerprint density at radius 1 is 1.17 bits per heavy atom. The van der Waals surface area contributed by atoms with Gasteiger partial charge < -0.3 is 9.47 Å². The van der Waals surface area contributed by atoms with Crippen LogP contribution in [0.2, 0.25) is 0 Å². The summed E-state index contributed by atoms with van der Waals surface area (Å²) in [4.78, 5) is 0. The molecule has 2 atom stereocenters. The zero-order valence-corrected chi connectivity index (χ0v) is 10.2. The molecule has 3 aliphatic rings. The molecule has 2 unspecified atom stereocenters. The van der Waals surface area contributed by atoms with Crippen molar-refractivity contribution in [3.05, 3.63) is 0 Å². The maximum Gasteiger partial charge on any atom is 0.391 e. The van der Waals surface area contributed by atoms with Crippen molar-refractivity contribution < 1.29 is 22.6 Å². The van der Waals surface area contributed by atoms with Gasteiger partial charge in [0.05, 0.1) is 31.2 Å². The lowest BCUT2D eigenvalue weighted by atomic mass is 9.78. The zero-order chi connectivity index (χ0) is 12.9. The quantitative estimate of drug-likeness (QED) is 0.727. The minimum absolute atomic E-state index is 0.0103. The molecule has 0 amide bonds. The predicted octanol–water partition coefficient (Wildman–Crippen LogP) is 2.07. The van der Waals surface area contributed by atoms with E-state index in [9.17, 15) is 13.2 Å². The van der Waals surface area contributed by atoms with Crippen molar-refractivity contribution >= 4 is 0 Å².